The predicted octanol–water partition coefficient (Wildman–Crippen LogP) is 1.53. The second-order valence-electron chi connectivity index (χ2n) is 3.44. The highest BCUT2D eigenvalue weighted by atomic mass is 19.1. The summed E-state index contributed by atoms with van der Waals surface area (Å²) in [5.74, 6) is 0.0955. The van der Waals surface area contributed by atoms with Crippen molar-refractivity contribution in [1.29, 1.82) is 0 Å². The maximum Gasteiger partial charge on any atom is 0.302 e. The molecule has 0 saturated carbocycles. The van der Waals surface area contributed by atoms with Crippen molar-refractivity contribution in [1.82, 2.24) is 0 Å². The molecule has 1 unspecified atom stereocenters. The second kappa shape index (κ2) is 4.38. The molecule has 16 heavy (non-hydrogen) atoms. The minimum Gasteiger partial charge on any atom is -0.486 e. The number of carbonyl (C=O) groups excluding carboxylic acids is 1. The Morgan fingerprint density at radius 1 is 1.56 bits per heavy atom. The van der Waals surface area contributed by atoms with E-state index >= 15 is 0 Å². The van der Waals surface area contributed by atoms with Gasteiger partial charge in [-0.3, -0.25) is 4.79 Å². The molecule has 0 amide bonds. The van der Waals surface area contributed by atoms with E-state index in [2.05, 4.69) is 0 Å². The molecule has 0 bridgehead atoms. The average Bonchev–Trinajstić information content (AvgIpc) is 2.26. The molecule has 1 atom stereocenters. The van der Waals surface area contributed by atoms with Crippen LogP contribution in [0.25, 0.3) is 0 Å². The Balaban J connectivity index is 2.01. The van der Waals surface area contributed by atoms with Crippen LogP contribution in [-0.2, 0) is 9.53 Å². The summed E-state index contributed by atoms with van der Waals surface area (Å²) >= 11 is 0. The second-order valence-corrected chi connectivity index (χ2v) is 3.44. The fraction of sp³-hybridized carbons (Fsp3) is 0.364. The van der Waals surface area contributed by atoms with Crippen molar-refractivity contribution in [2.24, 2.45) is 0 Å². The Hall–Kier alpha value is -1.78. The van der Waals surface area contributed by atoms with Crippen molar-refractivity contribution in [2.45, 2.75) is 13.0 Å². The Bertz CT molecular complexity index is 405. The normalized spacial score (nSPS) is 18.0. The van der Waals surface area contributed by atoms with Crippen LogP contribution < -0.4 is 9.47 Å². The van der Waals surface area contributed by atoms with Crippen LogP contribution >= 0.6 is 0 Å². The quantitative estimate of drug-likeness (QED) is 0.717. The summed E-state index contributed by atoms with van der Waals surface area (Å²) in [6.45, 7) is 1.70. The van der Waals surface area contributed by atoms with Gasteiger partial charge in [0.1, 0.15) is 19.0 Å². The summed E-state index contributed by atoms with van der Waals surface area (Å²) in [5.41, 5.74) is 0. The summed E-state index contributed by atoms with van der Waals surface area (Å²) in [6.07, 6.45) is -0.345. The monoisotopic (exact) mass is 226 g/mol. The van der Waals surface area contributed by atoms with Gasteiger partial charge in [0.25, 0.3) is 0 Å². The average molecular weight is 226 g/mol. The number of benzene rings is 1. The van der Waals surface area contributed by atoms with E-state index in [9.17, 15) is 9.18 Å². The maximum atomic E-state index is 12.8. The highest BCUT2D eigenvalue weighted by molar-refractivity contribution is 5.65. The van der Waals surface area contributed by atoms with Crippen LogP contribution in [-0.4, -0.2) is 25.3 Å². The maximum absolute atomic E-state index is 12.8. The van der Waals surface area contributed by atoms with Crippen LogP contribution in [0, 0.1) is 5.82 Å². The topological polar surface area (TPSA) is 44.8 Å². The van der Waals surface area contributed by atoms with E-state index in [0.717, 1.165) is 0 Å². The van der Waals surface area contributed by atoms with Gasteiger partial charge >= 0.3 is 5.97 Å². The smallest absolute Gasteiger partial charge is 0.302 e. The lowest BCUT2D eigenvalue weighted by Crippen LogP contribution is -2.34. The van der Waals surface area contributed by atoms with Crippen LogP contribution in [0.5, 0.6) is 11.5 Å². The minimum atomic E-state index is -0.374. The summed E-state index contributed by atoms with van der Waals surface area (Å²) in [4.78, 5) is 10.6. The van der Waals surface area contributed by atoms with Gasteiger partial charge in [0.15, 0.2) is 17.6 Å². The van der Waals surface area contributed by atoms with E-state index in [0.29, 0.717) is 11.5 Å². The molecule has 1 aromatic rings. The first-order chi connectivity index (χ1) is 7.65. The summed E-state index contributed by atoms with van der Waals surface area (Å²) in [5, 5.41) is 0. The zero-order valence-corrected chi connectivity index (χ0v) is 8.73. The molecule has 0 aliphatic carbocycles. The van der Waals surface area contributed by atoms with Crippen molar-refractivity contribution in [3.05, 3.63) is 24.0 Å². The first-order valence-corrected chi connectivity index (χ1v) is 4.87. The summed E-state index contributed by atoms with van der Waals surface area (Å²) in [6, 6.07) is 4.04. The van der Waals surface area contributed by atoms with E-state index < -0.39 is 0 Å². The van der Waals surface area contributed by atoms with Crippen LogP contribution in [0.15, 0.2) is 18.2 Å². The number of halogens is 1. The molecular formula is C11H11FO4. The van der Waals surface area contributed by atoms with Gasteiger partial charge in [0.2, 0.25) is 0 Å². The fourth-order valence-corrected chi connectivity index (χ4v) is 1.38. The van der Waals surface area contributed by atoms with Crippen molar-refractivity contribution in [3.63, 3.8) is 0 Å². The molecule has 5 heteroatoms. The van der Waals surface area contributed by atoms with E-state index in [1.54, 1.807) is 0 Å². The third kappa shape index (κ3) is 2.42. The standard InChI is InChI=1S/C11H11FO4/c1-7(13)14-5-9-6-15-11-4-8(12)2-3-10(11)16-9/h2-4,9H,5-6H2,1H3. The molecule has 2 rings (SSSR count). The largest absolute Gasteiger partial charge is 0.486 e. The molecule has 1 aromatic carbocycles. The van der Waals surface area contributed by atoms with Crippen molar-refractivity contribution in [3.8, 4) is 11.5 Å². The van der Waals surface area contributed by atoms with Crippen LogP contribution in [0.1, 0.15) is 6.92 Å². The summed E-state index contributed by atoms with van der Waals surface area (Å²) in [7, 11) is 0. The number of rotatable bonds is 2. The van der Waals surface area contributed by atoms with Crippen LogP contribution in [0.2, 0.25) is 0 Å². The van der Waals surface area contributed by atoms with Crippen molar-refractivity contribution in [2.75, 3.05) is 13.2 Å². The molecule has 0 saturated heterocycles. The highest BCUT2D eigenvalue weighted by Gasteiger charge is 2.22. The Kier molecular flexibility index (Phi) is 2.94. The lowest BCUT2D eigenvalue weighted by molar-refractivity contribution is -0.144. The highest BCUT2D eigenvalue weighted by Crippen LogP contribution is 2.32. The molecule has 0 fully saturated rings. The SMILES string of the molecule is CC(=O)OCC1COc2cc(F)ccc2O1. The Morgan fingerprint density at radius 3 is 3.12 bits per heavy atom. The lowest BCUT2D eigenvalue weighted by atomic mass is 10.2. The number of esters is 1. The van der Waals surface area contributed by atoms with Crippen LogP contribution in [0.3, 0.4) is 0 Å². The lowest BCUT2D eigenvalue weighted by Gasteiger charge is -2.25. The number of fused-ring (bicyclic) bond motifs is 1. The number of hydrogen-bond acceptors (Lipinski definition) is 4. The van der Waals surface area contributed by atoms with Gasteiger partial charge in [0.05, 0.1) is 0 Å². The van der Waals surface area contributed by atoms with Gasteiger partial charge < -0.3 is 14.2 Å². The van der Waals surface area contributed by atoms with Crippen molar-refractivity contribution >= 4 is 5.97 Å². The van der Waals surface area contributed by atoms with Gasteiger partial charge in [-0.1, -0.05) is 0 Å². The third-order valence-electron chi connectivity index (χ3n) is 2.10. The molecule has 1 heterocycles. The number of carbonyl (C=O) groups is 1. The Labute approximate surface area is 91.9 Å². The van der Waals surface area contributed by atoms with Crippen molar-refractivity contribution < 1.29 is 23.4 Å². The first-order valence-electron chi connectivity index (χ1n) is 4.87. The van der Waals surface area contributed by atoms with E-state index in [1.807, 2.05) is 0 Å². The van der Waals surface area contributed by atoms with Crippen LogP contribution in [0.4, 0.5) is 4.39 Å². The fourth-order valence-electron chi connectivity index (χ4n) is 1.38. The Morgan fingerprint density at radius 2 is 2.38 bits per heavy atom. The van der Waals surface area contributed by atoms with Gasteiger partial charge in [-0.05, 0) is 12.1 Å². The molecule has 1 aliphatic rings. The van der Waals surface area contributed by atoms with Gasteiger partial charge in [-0.25, -0.2) is 4.39 Å². The molecule has 0 spiro atoms. The molecule has 0 aromatic heterocycles. The van der Waals surface area contributed by atoms with Gasteiger partial charge in [-0.2, -0.15) is 0 Å². The number of ether oxygens (including phenoxy) is 3. The van der Waals surface area contributed by atoms with E-state index in [4.69, 9.17) is 14.2 Å². The van der Waals surface area contributed by atoms with E-state index in [1.165, 1.54) is 25.1 Å². The molecule has 0 N–H and O–H groups in total. The molecule has 0 radical (unpaired) electrons. The predicted molar refractivity (Wildman–Crippen MR) is 52.9 cm³/mol. The van der Waals surface area contributed by atoms with E-state index in [-0.39, 0.29) is 31.1 Å². The van der Waals surface area contributed by atoms with Gasteiger partial charge in [-0.15, -0.1) is 0 Å². The molecular weight excluding hydrogens is 215 g/mol. The number of hydrogen-bond donors (Lipinski definition) is 0. The van der Waals surface area contributed by atoms with Gasteiger partial charge in [0, 0.05) is 13.0 Å². The minimum absolute atomic E-state index is 0.131. The zero-order chi connectivity index (χ0) is 11.5. The third-order valence-corrected chi connectivity index (χ3v) is 2.10. The summed E-state index contributed by atoms with van der Waals surface area (Å²) < 4.78 is 28.4. The molecule has 86 valence electrons. The molecule has 4 nitrogen and oxygen atoms in total. The first kappa shape index (κ1) is 10.7. The molecule has 1 aliphatic heterocycles. The zero-order valence-electron chi connectivity index (χ0n) is 8.73.